The maximum absolute atomic E-state index is 12.4. The first-order valence-corrected chi connectivity index (χ1v) is 7.03. The lowest BCUT2D eigenvalue weighted by Crippen LogP contribution is -2.52. The average Bonchev–Trinajstić information content (AvgIpc) is 2.39. The van der Waals surface area contributed by atoms with Gasteiger partial charge in [0.15, 0.2) is 0 Å². The second-order valence-corrected chi connectivity index (χ2v) is 5.96. The summed E-state index contributed by atoms with van der Waals surface area (Å²) in [5.41, 5.74) is 0. The molecule has 1 rings (SSSR count). The molecule has 0 aromatic carbocycles. The number of carbonyl (C=O) groups excluding carboxylic acids is 1. The van der Waals surface area contributed by atoms with Crippen molar-refractivity contribution in [1.29, 1.82) is 0 Å². The molecule has 1 aliphatic carbocycles. The Morgan fingerprint density at radius 1 is 1.00 bits per heavy atom. The van der Waals surface area contributed by atoms with E-state index in [1.165, 1.54) is 0 Å². The van der Waals surface area contributed by atoms with Crippen molar-refractivity contribution in [1.82, 2.24) is 5.32 Å². The van der Waals surface area contributed by atoms with Crippen LogP contribution >= 0.6 is 15.9 Å². The Morgan fingerprint density at radius 2 is 1.50 bits per heavy atom. The van der Waals surface area contributed by atoms with Crippen molar-refractivity contribution in [2.24, 2.45) is 5.92 Å². The molecule has 0 heterocycles. The lowest BCUT2D eigenvalue weighted by atomic mass is 10.0. The molecule has 0 aromatic rings. The number of hydrogen-bond donors (Lipinski definition) is 1. The van der Waals surface area contributed by atoms with Gasteiger partial charge in [-0.1, -0.05) is 35.2 Å². The number of rotatable bonds is 2. The third-order valence-corrected chi connectivity index (χ3v) is 4.27. The van der Waals surface area contributed by atoms with Gasteiger partial charge in [-0.15, -0.1) is 0 Å². The molecule has 0 bridgehead atoms. The standard InChI is InChI=1S/C11H14BrF6NO/c12-6-4-2-1-3-5-7(6)19-9(20)8(10(13,14)15)11(16,17)18/h6-8H,1-5H2,(H,19,20). The van der Waals surface area contributed by atoms with Crippen LogP contribution in [0.5, 0.6) is 0 Å². The summed E-state index contributed by atoms with van der Waals surface area (Å²) in [7, 11) is 0. The predicted octanol–water partition coefficient (Wildman–Crippen LogP) is 3.94. The molecule has 0 saturated heterocycles. The minimum absolute atomic E-state index is 0.309. The Kier molecular flexibility index (Phi) is 5.74. The topological polar surface area (TPSA) is 29.1 Å². The van der Waals surface area contributed by atoms with E-state index >= 15 is 0 Å². The van der Waals surface area contributed by atoms with Crippen molar-refractivity contribution in [3.8, 4) is 0 Å². The summed E-state index contributed by atoms with van der Waals surface area (Å²) < 4.78 is 74.4. The minimum Gasteiger partial charge on any atom is -0.351 e. The second kappa shape index (κ2) is 6.53. The summed E-state index contributed by atoms with van der Waals surface area (Å²) in [6.07, 6.45) is -7.99. The zero-order chi connectivity index (χ0) is 15.6. The van der Waals surface area contributed by atoms with Gasteiger partial charge in [-0.05, 0) is 12.8 Å². The Bertz CT molecular complexity index is 329. The zero-order valence-electron chi connectivity index (χ0n) is 10.3. The summed E-state index contributed by atoms with van der Waals surface area (Å²) >= 11 is 3.21. The van der Waals surface area contributed by atoms with Crippen LogP contribution in [0.2, 0.25) is 0 Å². The quantitative estimate of drug-likeness (QED) is 0.445. The highest BCUT2D eigenvalue weighted by Crippen LogP contribution is 2.39. The molecule has 0 spiro atoms. The molecule has 1 N–H and O–H groups in total. The van der Waals surface area contributed by atoms with Crippen molar-refractivity contribution in [3.63, 3.8) is 0 Å². The van der Waals surface area contributed by atoms with Crippen LogP contribution in [-0.2, 0) is 4.79 Å². The highest BCUT2D eigenvalue weighted by Gasteiger charge is 2.61. The van der Waals surface area contributed by atoms with Gasteiger partial charge in [0.25, 0.3) is 0 Å². The van der Waals surface area contributed by atoms with E-state index in [0.717, 1.165) is 12.8 Å². The van der Waals surface area contributed by atoms with E-state index in [1.807, 2.05) is 5.32 Å². The lowest BCUT2D eigenvalue weighted by Gasteiger charge is -2.27. The van der Waals surface area contributed by atoms with Gasteiger partial charge >= 0.3 is 12.4 Å². The molecular weight excluding hydrogens is 356 g/mol. The molecule has 9 heteroatoms. The van der Waals surface area contributed by atoms with Gasteiger partial charge in [0.05, 0.1) is 0 Å². The van der Waals surface area contributed by atoms with E-state index in [4.69, 9.17) is 0 Å². The third kappa shape index (κ3) is 4.82. The number of amides is 1. The van der Waals surface area contributed by atoms with Gasteiger partial charge in [0.1, 0.15) is 0 Å². The van der Waals surface area contributed by atoms with Crippen molar-refractivity contribution in [2.75, 3.05) is 0 Å². The van der Waals surface area contributed by atoms with Crippen LogP contribution in [0.25, 0.3) is 0 Å². The van der Waals surface area contributed by atoms with Gasteiger partial charge in [-0.2, -0.15) is 26.3 Å². The number of hydrogen-bond acceptors (Lipinski definition) is 1. The Hall–Kier alpha value is -0.470. The van der Waals surface area contributed by atoms with Crippen molar-refractivity contribution in [2.45, 2.75) is 55.3 Å². The van der Waals surface area contributed by atoms with E-state index in [1.54, 1.807) is 0 Å². The molecular formula is C11H14BrF6NO. The molecule has 2 nitrogen and oxygen atoms in total. The first kappa shape index (κ1) is 17.6. The monoisotopic (exact) mass is 369 g/mol. The fourth-order valence-electron chi connectivity index (χ4n) is 2.17. The van der Waals surface area contributed by atoms with Gasteiger partial charge in [0, 0.05) is 10.9 Å². The molecule has 1 fully saturated rings. The second-order valence-electron chi connectivity index (χ2n) is 4.79. The molecule has 1 aliphatic rings. The van der Waals surface area contributed by atoms with Crippen LogP contribution < -0.4 is 5.32 Å². The number of carbonyl (C=O) groups is 1. The van der Waals surface area contributed by atoms with E-state index in [-0.39, 0.29) is 4.83 Å². The molecule has 1 amide bonds. The van der Waals surface area contributed by atoms with Gasteiger partial charge in [-0.3, -0.25) is 4.79 Å². The molecule has 0 radical (unpaired) electrons. The van der Waals surface area contributed by atoms with Crippen molar-refractivity contribution < 1.29 is 31.1 Å². The Labute approximate surface area is 120 Å². The predicted molar refractivity (Wildman–Crippen MR) is 63.3 cm³/mol. The normalized spacial score (nSPS) is 25.4. The van der Waals surface area contributed by atoms with Crippen LogP contribution in [0.3, 0.4) is 0 Å². The maximum Gasteiger partial charge on any atom is 0.409 e. The Balaban J connectivity index is 2.80. The average molecular weight is 370 g/mol. The number of alkyl halides is 7. The molecule has 0 aliphatic heterocycles. The minimum atomic E-state index is -5.64. The van der Waals surface area contributed by atoms with Crippen molar-refractivity contribution in [3.05, 3.63) is 0 Å². The van der Waals surface area contributed by atoms with Crippen molar-refractivity contribution >= 4 is 21.8 Å². The smallest absolute Gasteiger partial charge is 0.351 e. The summed E-state index contributed by atoms with van der Waals surface area (Å²) in [4.78, 5) is 11.1. The maximum atomic E-state index is 12.4. The molecule has 0 aromatic heterocycles. The fourth-order valence-corrected chi connectivity index (χ4v) is 2.89. The van der Waals surface area contributed by atoms with E-state index in [2.05, 4.69) is 15.9 Å². The van der Waals surface area contributed by atoms with E-state index in [0.29, 0.717) is 19.3 Å². The van der Waals surface area contributed by atoms with Crippen LogP contribution in [0, 0.1) is 5.92 Å². The largest absolute Gasteiger partial charge is 0.409 e. The highest BCUT2D eigenvalue weighted by molar-refractivity contribution is 9.09. The van der Waals surface area contributed by atoms with E-state index < -0.39 is 30.2 Å². The molecule has 118 valence electrons. The molecule has 20 heavy (non-hydrogen) atoms. The van der Waals surface area contributed by atoms with Gasteiger partial charge in [-0.25, -0.2) is 0 Å². The molecule has 2 atom stereocenters. The molecule has 2 unspecified atom stereocenters. The highest BCUT2D eigenvalue weighted by atomic mass is 79.9. The van der Waals surface area contributed by atoms with Gasteiger partial charge < -0.3 is 5.32 Å². The number of nitrogens with one attached hydrogen (secondary N) is 1. The van der Waals surface area contributed by atoms with E-state index in [9.17, 15) is 31.1 Å². The van der Waals surface area contributed by atoms with Crippen LogP contribution in [0.15, 0.2) is 0 Å². The fraction of sp³-hybridized carbons (Fsp3) is 0.909. The first-order chi connectivity index (χ1) is 9.03. The summed E-state index contributed by atoms with van der Waals surface area (Å²) in [6, 6.07) is -0.711. The summed E-state index contributed by atoms with van der Waals surface area (Å²) in [5.74, 6) is -6.00. The zero-order valence-corrected chi connectivity index (χ0v) is 11.9. The Morgan fingerprint density at radius 3 is 2.00 bits per heavy atom. The molecule has 1 saturated carbocycles. The first-order valence-electron chi connectivity index (χ1n) is 6.11. The number of halogens is 7. The SMILES string of the molecule is O=C(NC1CCCCCC1Br)C(C(F)(F)F)C(F)(F)F. The van der Waals surface area contributed by atoms with Crippen LogP contribution in [-0.4, -0.2) is 29.1 Å². The summed E-state index contributed by atoms with van der Waals surface area (Å²) in [6.45, 7) is 0. The van der Waals surface area contributed by atoms with Crippen LogP contribution in [0.1, 0.15) is 32.1 Å². The van der Waals surface area contributed by atoms with Gasteiger partial charge in [0.2, 0.25) is 11.8 Å². The van der Waals surface area contributed by atoms with Crippen LogP contribution in [0.4, 0.5) is 26.3 Å². The summed E-state index contributed by atoms with van der Waals surface area (Å²) in [5, 5.41) is 1.90. The lowest BCUT2D eigenvalue weighted by molar-refractivity contribution is -0.274. The third-order valence-electron chi connectivity index (χ3n) is 3.18.